The molecule has 0 saturated carbocycles. The van der Waals surface area contributed by atoms with Crippen molar-refractivity contribution < 1.29 is 23.9 Å². The van der Waals surface area contributed by atoms with Gasteiger partial charge in [0.15, 0.2) is 5.11 Å². The summed E-state index contributed by atoms with van der Waals surface area (Å²) >= 11 is 5.34. The van der Waals surface area contributed by atoms with Crippen molar-refractivity contribution in [2.24, 2.45) is 0 Å². The zero-order valence-electron chi connectivity index (χ0n) is 16.9. The molecule has 1 atom stereocenters. The van der Waals surface area contributed by atoms with E-state index in [1.54, 1.807) is 43.0 Å². The number of carbonyl (C=O) groups excluding carboxylic acids is 3. The maximum atomic E-state index is 12.5. The van der Waals surface area contributed by atoms with E-state index in [9.17, 15) is 14.4 Å². The van der Waals surface area contributed by atoms with Crippen molar-refractivity contribution in [2.75, 3.05) is 19.7 Å². The molecule has 0 aromatic heterocycles. The molecule has 0 radical (unpaired) electrons. The summed E-state index contributed by atoms with van der Waals surface area (Å²) in [6.07, 6.45) is 0.466. The summed E-state index contributed by atoms with van der Waals surface area (Å²) in [5.41, 5.74) is 0.411. The van der Waals surface area contributed by atoms with Crippen LogP contribution in [0, 0.1) is 0 Å². The number of rotatable bonds is 7. The van der Waals surface area contributed by atoms with Gasteiger partial charge in [-0.1, -0.05) is 6.92 Å². The maximum Gasteiger partial charge on any atom is 0.308 e. The first-order chi connectivity index (χ1) is 13.8. The van der Waals surface area contributed by atoms with Crippen molar-refractivity contribution in [2.45, 2.75) is 45.8 Å². The number of carbonyl (C=O) groups is 3. The Morgan fingerprint density at radius 1 is 1.31 bits per heavy atom. The summed E-state index contributed by atoms with van der Waals surface area (Å²) in [5, 5.41) is 5.44. The van der Waals surface area contributed by atoms with E-state index in [4.69, 9.17) is 21.7 Å². The molecule has 8 nitrogen and oxygen atoms in total. The second-order valence-corrected chi connectivity index (χ2v) is 7.26. The van der Waals surface area contributed by atoms with E-state index in [0.717, 1.165) is 6.42 Å². The molecule has 1 aliphatic heterocycles. The van der Waals surface area contributed by atoms with Gasteiger partial charge in [0.05, 0.1) is 19.1 Å². The van der Waals surface area contributed by atoms with Gasteiger partial charge in [-0.2, -0.15) is 0 Å². The number of benzene rings is 1. The van der Waals surface area contributed by atoms with Crippen LogP contribution < -0.4 is 15.4 Å². The van der Waals surface area contributed by atoms with Crippen molar-refractivity contribution in [3.05, 3.63) is 29.8 Å². The molecule has 0 spiro atoms. The van der Waals surface area contributed by atoms with Crippen molar-refractivity contribution in [3.8, 4) is 5.75 Å². The fraction of sp³-hybridized carbons (Fsp3) is 0.500. The fourth-order valence-electron chi connectivity index (χ4n) is 2.79. The minimum Gasteiger partial charge on any atom is -0.494 e. The summed E-state index contributed by atoms with van der Waals surface area (Å²) in [7, 11) is 0. The number of piperazine rings is 1. The average molecular weight is 422 g/mol. The number of thiocarbonyl (C=S) groups is 1. The van der Waals surface area contributed by atoms with Crippen LogP contribution in [0.1, 0.15) is 44.0 Å². The first-order valence-electron chi connectivity index (χ1n) is 9.63. The number of ether oxygens (including phenoxy) is 2. The van der Waals surface area contributed by atoms with Crippen LogP contribution >= 0.6 is 12.2 Å². The SMILES string of the molecule is CCCOc1ccc(C(=O)NC(=S)N2CCNC(=O)[C@H]2CC(=O)OC(C)C)cc1. The van der Waals surface area contributed by atoms with Crippen molar-refractivity contribution in [1.29, 1.82) is 0 Å². The Hall–Kier alpha value is -2.68. The number of hydrogen-bond acceptors (Lipinski definition) is 6. The highest BCUT2D eigenvalue weighted by molar-refractivity contribution is 7.80. The van der Waals surface area contributed by atoms with E-state index in [1.807, 2.05) is 6.92 Å². The molecule has 0 unspecified atom stereocenters. The predicted molar refractivity (Wildman–Crippen MR) is 112 cm³/mol. The highest BCUT2D eigenvalue weighted by Crippen LogP contribution is 2.14. The molecule has 2 amide bonds. The molecule has 1 aromatic rings. The quantitative estimate of drug-likeness (QED) is 0.510. The van der Waals surface area contributed by atoms with Gasteiger partial charge < -0.3 is 19.7 Å². The average Bonchev–Trinajstić information content (AvgIpc) is 2.67. The lowest BCUT2D eigenvalue weighted by Crippen LogP contribution is -2.60. The molecule has 1 heterocycles. The Bertz CT molecular complexity index is 751. The van der Waals surface area contributed by atoms with Crippen LogP contribution in [-0.2, 0) is 14.3 Å². The Labute approximate surface area is 175 Å². The number of nitrogens with zero attached hydrogens (tertiary/aromatic N) is 1. The normalized spacial score (nSPS) is 16.2. The van der Waals surface area contributed by atoms with E-state index in [0.29, 0.717) is 31.0 Å². The van der Waals surface area contributed by atoms with Crippen LogP contribution in [0.25, 0.3) is 0 Å². The zero-order valence-corrected chi connectivity index (χ0v) is 17.7. The van der Waals surface area contributed by atoms with Gasteiger partial charge in [0.1, 0.15) is 11.8 Å². The van der Waals surface area contributed by atoms with Gasteiger partial charge >= 0.3 is 5.97 Å². The molecule has 1 saturated heterocycles. The van der Waals surface area contributed by atoms with E-state index in [1.165, 1.54) is 0 Å². The van der Waals surface area contributed by atoms with Crippen LogP contribution in [0.3, 0.4) is 0 Å². The molecule has 1 fully saturated rings. The van der Waals surface area contributed by atoms with Gasteiger partial charge in [0.25, 0.3) is 5.91 Å². The topological polar surface area (TPSA) is 97.0 Å². The molecule has 0 bridgehead atoms. The Morgan fingerprint density at radius 2 is 2.00 bits per heavy atom. The first-order valence-corrected chi connectivity index (χ1v) is 10.0. The molecule has 1 aromatic carbocycles. The monoisotopic (exact) mass is 421 g/mol. The second kappa shape index (κ2) is 10.8. The highest BCUT2D eigenvalue weighted by atomic mass is 32.1. The Kier molecular flexibility index (Phi) is 8.38. The van der Waals surface area contributed by atoms with Crippen molar-refractivity contribution in [3.63, 3.8) is 0 Å². The van der Waals surface area contributed by atoms with E-state index < -0.39 is 17.9 Å². The van der Waals surface area contributed by atoms with Gasteiger partial charge in [-0.15, -0.1) is 0 Å². The lowest BCUT2D eigenvalue weighted by atomic mass is 10.1. The number of amides is 2. The van der Waals surface area contributed by atoms with Crippen LogP contribution in [0.4, 0.5) is 0 Å². The molecule has 29 heavy (non-hydrogen) atoms. The summed E-state index contributed by atoms with van der Waals surface area (Å²) in [4.78, 5) is 38.3. The third-order valence-corrected chi connectivity index (χ3v) is 4.47. The minimum atomic E-state index is -0.826. The maximum absolute atomic E-state index is 12.5. The van der Waals surface area contributed by atoms with Crippen LogP contribution in [-0.4, -0.2) is 59.6 Å². The molecule has 2 rings (SSSR count). The third kappa shape index (κ3) is 6.70. The summed E-state index contributed by atoms with van der Waals surface area (Å²) in [5.74, 6) is -0.538. The molecule has 1 aliphatic rings. The second-order valence-electron chi connectivity index (χ2n) is 6.88. The van der Waals surface area contributed by atoms with Gasteiger partial charge in [-0.25, -0.2) is 0 Å². The third-order valence-electron chi connectivity index (χ3n) is 4.13. The lowest BCUT2D eigenvalue weighted by molar-refractivity contribution is -0.150. The summed E-state index contributed by atoms with van der Waals surface area (Å²) < 4.78 is 10.6. The van der Waals surface area contributed by atoms with Gasteiger partial charge in [-0.3, -0.25) is 19.7 Å². The molecular weight excluding hydrogens is 394 g/mol. The number of esters is 1. The van der Waals surface area contributed by atoms with Gasteiger partial charge in [-0.05, 0) is 56.8 Å². The van der Waals surface area contributed by atoms with E-state index in [-0.39, 0.29) is 23.5 Å². The smallest absolute Gasteiger partial charge is 0.308 e. The number of nitrogens with one attached hydrogen (secondary N) is 2. The van der Waals surface area contributed by atoms with Crippen LogP contribution in [0.5, 0.6) is 5.75 Å². The van der Waals surface area contributed by atoms with E-state index >= 15 is 0 Å². The highest BCUT2D eigenvalue weighted by Gasteiger charge is 2.34. The summed E-state index contributed by atoms with van der Waals surface area (Å²) in [6.45, 7) is 6.84. The van der Waals surface area contributed by atoms with Gasteiger partial charge in [0.2, 0.25) is 5.91 Å². The van der Waals surface area contributed by atoms with E-state index in [2.05, 4.69) is 10.6 Å². The number of hydrogen-bond donors (Lipinski definition) is 2. The molecule has 0 aliphatic carbocycles. The summed E-state index contributed by atoms with van der Waals surface area (Å²) in [6, 6.07) is 5.89. The lowest BCUT2D eigenvalue weighted by Gasteiger charge is -2.36. The Morgan fingerprint density at radius 3 is 2.62 bits per heavy atom. The van der Waals surface area contributed by atoms with Crippen molar-refractivity contribution in [1.82, 2.24) is 15.5 Å². The van der Waals surface area contributed by atoms with Crippen LogP contribution in [0.2, 0.25) is 0 Å². The molecule has 9 heteroatoms. The zero-order chi connectivity index (χ0) is 21.4. The van der Waals surface area contributed by atoms with Gasteiger partial charge in [0, 0.05) is 18.7 Å². The largest absolute Gasteiger partial charge is 0.494 e. The molecular formula is C20H27N3O5S. The first kappa shape index (κ1) is 22.6. The van der Waals surface area contributed by atoms with Crippen LogP contribution in [0.15, 0.2) is 24.3 Å². The minimum absolute atomic E-state index is 0.0958. The standard InChI is InChI=1S/C20H27N3O5S/c1-4-11-27-15-7-5-14(6-8-15)18(25)22-20(29)23-10-9-21-19(26)16(23)12-17(24)28-13(2)3/h5-8,13,16H,4,9-12H2,1-3H3,(H,21,26)(H,22,25,29)/t16-/m1/s1. The fourth-order valence-corrected chi connectivity index (χ4v) is 3.10. The molecule has 158 valence electrons. The molecule has 2 N–H and O–H groups in total. The Balaban J connectivity index is 2.01. The van der Waals surface area contributed by atoms with Crippen molar-refractivity contribution >= 4 is 35.1 Å². The predicted octanol–water partition coefficient (Wildman–Crippen LogP) is 1.63.